The molecule has 0 saturated heterocycles. The predicted octanol–water partition coefficient (Wildman–Crippen LogP) is 5.19. The summed E-state index contributed by atoms with van der Waals surface area (Å²) in [6.07, 6.45) is 6.28. The van der Waals surface area contributed by atoms with Gasteiger partial charge in [0.1, 0.15) is 18.4 Å². The zero-order valence-corrected chi connectivity index (χ0v) is 16.5. The molecular formula is C22H31NO3. The standard InChI is InChI=1S/C22H31NO3/c1-5-25-19-10-11-20-16(14-19)12-13-23(20)15-21(24)26-18-8-6-17(7-9-18)22(2,3)4/h10-14,17-18H,5-9,15H2,1-4H3. The number of benzene rings is 1. The maximum Gasteiger partial charge on any atom is 0.326 e. The van der Waals surface area contributed by atoms with Crippen LogP contribution in [0.1, 0.15) is 53.4 Å². The summed E-state index contributed by atoms with van der Waals surface area (Å²) < 4.78 is 13.2. The second kappa shape index (κ2) is 7.73. The summed E-state index contributed by atoms with van der Waals surface area (Å²) in [5, 5.41) is 1.08. The predicted molar refractivity (Wildman–Crippen MR) is 104 cm³/mol. The van der Waals surface area contributed by atoms with Gasteiger partial charge in [-0.3, -0.25) is 4.79 Å². The van der Waals surface area contributed by atoms with Gasteiger partial charge in [0.15, 0.2) is 0 Å². The molecule has 1 fully saturated rings. The summed E-state index contributed by atoms with van der Waals surface area (Å²) in [6, 6.07) is 7.97. The first kappa shape index (κ1) is 18.8. The van der Waals surface area contributed by atoms with Crippen molar-refractivity contribution in [3.63, 3.8) is 0 Å². The van der Waals surface area contributed by atoms with Crippen LogP contribution in [0.15, 0.2) is 30.5 Å². The van der Waals surface area contributed by atoms with E-state index in [4.69, 9.17) is 9.47 Å². The minimum absolute atomic E-state index is 0.0764. The van der Waals surface area contributed by atoms with E-state index in [-0.39, 0.29) is 18.6 Å². The smallest absolute Gasteiger partial charge is 0.326 e. The van der Waals surface area contributed by atoms with Crippen LogP contribution in [0.4, 0.5) is 0 Å². The van der Waals surface area contributed by atoms with E-state index in [9.17, 15) is 4.79 Å². The number of carbonyl (C=O) groups excluding carboxylic acids is 1. The fourth-order valence-electron chi connectivity index (χ4n) is 3.98. The van der Waals surface area contributed by atoms with E-state index < -0.39 is 0 Å². The largest absolute Gasteiger partial charge is 0.494 e. The van der Waals surface area contributed by atoms with Gasteiger partial charge in [-0.1, -0.05) is 20.8 Å². The van der Waals surface area contributed by atoms with E-state index in [2.05, 4.69) is 20.8 Å². The molecule has 2 aromatic rings. The van der Waals surface area contributed by atoms with E-state index in [1.807, 2.05) is 42.0 Å². The third kappa shape index (κ3) is 4.40. The maximum atomic E-state index is 12.4. The Bertz CT molecular complexity index is 748. The molecule has 4 nitrogen and oxygen atoms in total. The summed E-state index contributed by atoms with van der Waals surface area (Å²) >= 11 is 0. The molecule has 1 heterocycles. The molecule has 0 aliphatic heterocycles. The van der Waals surface area contributed by atoms with Gasteiger partial charge in [0.2, 0.25) is 0 Å². The number of aromatic nitrogens is 1. The second-order valence-electron chi connectivity index (χ2n) is 8.43. The number of hydrogen-bond donors (Lipinski definition) is 0. The van der Waals surface area contributed by atoms with Crippen LogP contribution in [0.25, 0.3) is 10.9 Å². The Labute approximate surface area is 156 Å². The highest BCUT2D eigenvalue weighted by Crippen LogP contribution is 2.38. The maximum absolute atomic E-state index is 12.4. The lowest BCUT2D eigenvalue weighted by atomic mass is 9.72. The first-order valence-electron chi connectivity index (χ1n) is 9.78. The molecule has 1 aromatic heterocycles. The minimum atomic E-state index is -0.143. The van der Waals surface area contributed by atoms with Crippen molar-refractivity contribution in [2.75, 3.05) is 6.61 Å². The van der Waals surface area contributed by atoms with Gasteiger partial charge in [-0.25, -0.2) is 0 Å². The Morgan fingerprint density at radius 1 is 1.15 bits per heavy atom. The Balaban J connectivity index is 1.56. The highest BCUT2D eigenvalue weighted by Gasteiger charge is 2.31. The molecule has 0 amide bonds. The fraction of sp³-hybridized carbons (Fsp3) is 0.591. The topological polar surface area (TPSA) is 40.5 Å². The molecule has 1 aromatic carbocycles. The van der Waals surface area contributed by atoms with Crippen molar-refractivity contribution < 1.29 is 14.3 Å². The molecule has 0 unspecified atom stereocenters. The van der Waals surface area contributed by atoms with E-state index in [0.29, 0.717) is 12.0 Å². The number of hydrogen-bond acceptors (Lipinski definition) is 3. The molecule has 3 rings (SSSR count). The van der Waals surface area contributed by atoms with Gasteiger partial charge in [0.05, 0.1) is 6.61 Å². The number of ether oxygens (including phenoxy) is 2. The van der Waals surface area contributed by atoms with Crippen LogP contribution in [-0.2, 0) is 16.1 Å². The molecule has 26 heavy (non-hydrogen) atoms. The molecule has 1 aliphatic rings. The minimum Gasteiger partial charge on any atom is -0.494 e. The number of esters is 1. The molecule has 0 bridgehead atoms. The Morgan fingerprint density at radius 2 is 1.88 bits per heavy atom. The zero-order chi connectivity index (χ0) is 18.7. The summed E-state index contributed by atoms with van der Waals surface area (Å²) in [5.41, 5.74) is 1.38. The third-order valence-electron chi connectivity index (χ3n) is 5.55. The third-order valence-corrected chi connectivity index (χ3v) is 5.55. The van der Waals surface area contributed by atoms with Gasteiger partial charge in [-0.2, -0.15) is 0 Å². The van der Waals surface area contributed by atoms with Gasteiger partial charge in [0.25, 0.3) is 0 Å². The highest BCUT2D eigenvalue weighted by molar-refractivity contribution is 5.83. The van der Waals surface area contributed by atoms with E-state index in [1.165, 1.54) is 0 Å². The van der Waals surface area contributed by atoms with Crippen molar-refractivity contribution in [1.82, 2.24) is 4.57 Å². The van der Waals surface area contributed by atoms with Crippen molar-refractivity contribution >= 4 is 16.9 Å². The van der Waals surface area contributed by atoms with Crippen LogP contribution in [0.3, 0.4) is 0 Å². The number of nitrogens with zero attached hydrogens (tertiary/aromatic N) is 1. The van der Waals surface area contributed by atoms with Crippen LogP contribution < -0.4 is 4.74 Å². The van der Waals surface area contributed by atoms with E-state index in [1.54, 1.807) is 0 Å². The van der Waals surface area contributed by atoms with Gasteiger partial charge < -0.3 is 14.0 Å². The summed E-state index contributed by atoms with van der Waals surface area (Å²) in [4.78, 5) is 12.4. The molecule has 0 atom stereocenters. The van der Waals surface area contributed by atoms with Crippen molar-refractivity contribution in [2.24, 2.45) is 11.3 Å². The first-order chi connectivity index (χ1) is 12.4. The van der Waals surface area contributed by atoms with Crippen molar-refractivity contribution in [3.8, 4) is 5.75 Å². The lowest BCUT2D eigenvalue weighted by Gasteiger charge is -2.36. The average molecular weight is 357 g/mol. The van der Waals surface area contributed by atoms with Gasteiger partial charge >= 0.3 is 5.97 Å². The second-order valence-corrected chi connectivity index (χ2v) is 8.43. The number of rotatable bonds is 5. The van der Waals surface area contributed by atoms with Crippen molar-refractivity contribution in [1.29, 1.82) is 0 Å². The Kier molecular flexibility index (Phi) is 5.59. The molecule has 0 N–H and O–H groups in total. The Hall–Kier alpha value is -1.97. The van der Waals surface area contributed by atoms with Gasteiger partial charge in [0, 0.05) is 17.1 Å². The van der Waals surface area contributed by atoms with E-state index in [0.717, 1.165) is 48.3 Å². The number of fused-ring (bicyclic) bond motifs is 1. The van der Waals surface area contributed by atoms with Crippen LogP contribution in [0, 0.1) is 11.3 Å². The molecule has 1 saturated carbocycles. The van der Waals surface area contributed by atoms with Gasteiger partial charge in [-0.15, -0.1) is 0 Å². The quantitative estimate of drug-likeness (QED) is 0.692. The Morgan fingerprint density at radius 3 is 2.54 bits per heavy atom. The fourth-order valence-corrected chi connectivity index (χ4v) is 3.98. The lowest BCUT2D eigenvalue weighted by molar-refractivity contribution is -0.152. The molecular weight excluding hydrogens is 326 g/mol. The SMILES string of the molecule is CCOc1ccc2c(ccn2CC(=O)OC2CCC(C(C)(C)C)CC2)c1. The number of carbonyl (C=O) groups is 1. The molecule has 1 aliphatic carbocycles. The first-order valence-corrected chi connectivity index (χ1v) is 9.78. The van der Waals surface area contributed by atoms with Crippen LogP contribution in [0.2, 0.25) is 0 Å². The van der Waals surface area contributed by atoms with Crippen LogP contribution in [0.5, 0.6) is 5.75 Å². The summed E-state index contributed by atoms with van der Waals surface area (Å²) in [7, 11) is 0. The van der Waals surface area contributed by atoms with Gasteiger partial charge in [-0.05, 0) is 68.2 Å². The van der Waals surface area contributed by atoms with Crippen molar-refractivity contribution in [3.05, 3.63) is 30.5 Å². The van der Waals surface area contributed by atoms with E-state index >= 15 is 0 Å². The molecule has 4 heteroatoms. The average Bonchev–Trinajstić information content (AvgIpc) is 2.97. The van der Waals surface area contributed by atoms with Crippen LogP contribution in [-0.4, -0.2) is 23.2 Å². The van der Waals surface area contributed by atoms with Crippen LogP contribution >= 0.6 is 0 Å². The highest BCUT2D eigenvalue weighted by atomic mass is 16.5. The summed E-state index contributed by atoms with van der Waals surface area (Å²) in [5.74, 6) is 1.44. The monoisotopic (exact) mass is 357 g/mol. The van der Waals surface area contributed by atoms with Crippen molar-refractivity contribution in [2.45, 2.75) is 66.0 Å². The molecule has 0 radical (unpaired) electrons. The zero-order valence-electron chi connectivity index (χ0n) is 16.5. The summed E-state index contributed by atoms with van der Waals surface area (Å²) in [6.45, 7) is 9.79. The molecule has 0 spiro atoms. The lowest BCUT2D eigenvalue weighted by Crippen LogP contribution is -2.31. The normalized spacial score (nSPS) is 20.9. The molecule has 142 valence electrons.